The van der Waals surface area contributed by atoms with Crippen LogP contribution in [0.4, 0.5) is 0 Å². The standard InChI is InChI=1S/C57H99N2O7P/c1-6-8-10-12-14-16-18-20-21-22-23-24-25-26-27-28-29-30-31-32-33-34-35-36-37-38-40-42-44-46-48-50-56(61)58-54(53-66-67(63,64)65-52-51-59(3,4)5)57(62)55(60)49-47-45-43-41-39-19-17-15-13-11-9-7-2/h7-10,14-17,20-21,23-24,26-27,29-30,41,43,54-55,57,60,62H,6,11-13,18-19,22,25,28,31-40,42,44-53H2,1-5H3,(H-,58,61,63,64)/p+1/b9-7+,10-8-,16-14-,17-15+,21-20-,24-23-,27-26-,30-29-,43-41+. The number of quaternary nitrogens is 1. The number of phosphoric acid groups is 1. The van der Waals surface area contributed by atoms with E-state index in [0.717, 1.165) is 89.9 Å². The lowest BCUT2D eigenvalue weighted by molar-refractivity contribution is -0.870. The molecule has 10 heteroatoms. The summed E-state index contributed by atoms with van der Waals surface area (Å²) in [5.74, 6) is -0.283. The number of nitrogens with one attached hydrogen (secondary N) is 1. The molecule has 0 aromatic carbocycles. The van der Waals surface area contributed by atoms with Crippen LogP contribution in [0.1, 0.15) is 187 Å². The Labute approximate surface area is 411 Å². The Bertz CT molecular complexity index is 1470. The van der Waals surface area contributed by atoms with E-state index < -0.39 is 32.7 Å². The predicted molar refractivity (Wildman–Crippen MR) is 287 cm³/mol. The first-order chi connectivity index (χ1) is 32.4. The van der Waals surface area contributed by atoms with Gasteiger partial charge in [0.05, 0.1) is 39.9 Å². The van der Waals surface area contributed by atoms with Gasteiger partial charge >= 0.3 is 7.82 Å². The van der Waals surface area contributed by atoms with Crippen molar-refractivity contribution in [3.63, 3.8) is 0 Å². The first-order valence-electron chi connectivity index (χ1n) is 26.3. The van der Waals surface area contributed by atoms with E-state index in [-0.39, 0.29) is 18.9 Å². The van der Waals surface area contributed by atoms with Crippen molar-refractivity contribution in [2.75, 3.05) is 40.9 Å². The SMILES string of the molecule is C/C=C/CC/C=C/CC/C=C/CCCC(O)C(O)C(COP(=O)(O)OCC[N+](C)(C)C)NC(=O)CCCCCCCCCCCCCC/C=C\C/C=C\C/C=C\C/C=C\C/C=C\C/C=C\CC. The number of allylic oxidation sites excluding steroid dienone is 18. The molecule has 0 fully saturated rings. The van der Waals surface area contributed by atoms with E-state index in [4.69, 9.17) is 9.05 Å². The molecule has 0 aromatic heterocycles. The van der Waals surface area contributed by atoms with Gasteiger partial charge < -0.3 is 24.9 Å². The average Bonchev–Trinajstić information content (AvgIpc) is 3.29. The summed E-state index contributed by atoms with van der Waals surface area (Å²) >= 11 is 0. The van der Waals surface area contributed by atoms with Crippen molar-refractivity contribution < 1.29 is 38.0 Å². The van der Waals surface area contributed by atoms with Gasteiger partial charge in [-0.25, -0.2) is 4.57 Å². The molecule has 384 valence electrons. The number of hydrogen-bond acceptors (Lipinski definition) is 6. The average molecular weight is 956 g/mol. The number of aliphatic hydroxyl groups excluding tert-OH is 2. The summed E-state index contributed by atoms with van der Waals surface area (Å²) in [6.45, 7) is 4.23. The highest BCUT2D eigenvalue weighted by Crippen LogP contribution is 2.43. The van der Waals surface area contributed by atoms with Crippen molar-refractivity contribution in [2.45, 2.75) is 205 Å². The molecule has 0 saturated heterocycles. The predicted octanol–water partition coefficient (Wildman–Crippen LogP) is 14.6. The molecule has 0 spiro atoms. The van der Waals surface area contributed by atoms with Crippen LogP contribution in [0.5, 0.6) is 0 Å². The van der Waals surface area contributed by atoms with Crippen LogP contribution in [0, 0.1) is 0 Å². The minimum atomic E-state index is -4.44. The van der Waals surface area contributed by atoms with Gasteiger partial charge in [-0.3, -0.25) is 13.8 Å². The van der Waals surface area contributed by atoms with Crippen molar-refractivity contribution in [3.8, 4) is 0 Å². The van der Waals surface area contributed by atoms with Gasteiger partial charge in [-0.2, -0.15) is 0 Å². The Balaban J connectivity index is 4.25. The third kappa shape index (κ3) is 48.0. The van der Waals surface area contributed by atoms with Gasteiger partial charge in [-0.15, -0.1) is 0 Å². The minimum absolute atomic E-state index is 0.00663. The third-order valence-corrected chi connectivity index (χ3v) is 12.1. The maximum Gasteiger partial charge on any atom is 0.472 e. The molecule has 0 aliphatic rings. The molecule has 0 aliphatic heterocycles. The van der Waals surface area contributed by atoms with Gasteiger partial charge in [-0.1, -0.05) is 181 Å². The number of amides is 1. The summed E-state index contributed by atoms with van der Waals surface area (Å²) in [7, 11) is 1.39. The lowest BCUT2D eigenvalue weighted by Crippen LogP contribution is -2.51. The van der Waals surface area contributed by atoms with Crippen molar-refractivity contribution in [3.05, 3.63) is 109 Å². The quantitative estimate of drug-likeness (QED) is 0.0207. The van der Waals surface area contributed by atoms with Crippen LogP contribution in [0.2, 0.25) is 0 Å². The highest BCUT2D eigenvalue weighted by atomic mass is 31.2. The third-order valence-electron chi connectivity index (χ3n) is 11.1. The van der Waals surface area contributed by atoms with Crippen LogP contribution in [-0.2, 0) is 18.4 Å². The number of hydrogen-bond donors (Lipinski definition) is 4. The number of rotatable bonds is 46. The maximum absolute atomic E-state index is 13.0. The molecule has 0 radical (unpaired) electrons. The molecule has 0 heterocycles. The van der Waals surface area contributed by atoms with Gasteiger partial charge in [0.1, 0.15) is 19.3 Å². The molecular weight excluding hydrogens is 856 g/mol. The molecule has 4 unspecified atom stereocenters. The first kappa shape index (κ1) is 64.1. The minimum Gasteiger partial charge on any atom is -0.390 e. The highest BCUT2D eigenvalue weighted by molar-refractivity contribution is 7.47. The van der Waals surface area contributed by atoms with E-state index >= 15 is 0 Å². The zero-order valence-corrected chi connectivity index (χ0v) is 44.1. The molecule has 0 rings (SSSR count). The van der Waals surface area contributed by atoms with Gasteiger partial charge in [-0.05, 0) is 110 Å². The van der Waals surface area contributed by atoms with Crippen LogP contribution in [-0.4, -0.2) is 84.6 Å². The normalized spacial score (nSPS) is 15.4. The molecule has 9 nitrogen and oxygen atoms in total. The van der Waals surface area contributed by atoms with Gasteiger partial charge in [0, 0.05) is 6.42 Å². The van der Waals surface area contributed by atoms with Crippen LogP contribution in [0.15, 0.2) is 109 Å². The van der Waals surface area contributed by atoms with E-state index in [1.807, 2.05) is 28.1 Å². The van der Waals surface area contributed by atoms with E-state index in [9.17, 15) is 24.5 Å². The Hall–Kier alpha value is -2.88. The molecule has 67 heavy (non-hydrogen) atoms. The summed E-state index contributed by atoms with van der Waals surface area (Å²) in [5.41, 5.74) is 0. The van der Waals surface area contributed by atoms with Crippen LogP contribution < -0.4 is 5.32 Å². The smallest absolute Gasteiger partial charge is 0.390 e. The van der Waals surface area contributed by atoms with Gasteiger partial charge in [0.2, 0.25) is 5.91 Å². The van der Waals surface area contributed by atoms with E-state index in [1.165, 1.54) is 57.8 Å². The number of carbonyl (C=O) groups excluding carboxylic acids is 1. The zero-order chi connectivity index (χ0) is 49.4. The van der Waals surface area contributed by atoms with Crippen LogP contribution in [0.25, 0.3) is 0 Å². The van der Waals surface area contributed by atoms with Crippen molar-refractivity contribution in [1.29, 1.82) is 0 Å². The number of aliphatic hydroxyl groups is 2. The molecule has 0 aliphatic carbocycles. The summed E-state index contributed by atoms with van der Waals surface area (Å²) in [6, 6.07) is -1.07. The maximum atomic E-state index is 13.0. The number of carbonyl (C=O) groups is 1. The van der Waals surface area contributed by atoms with Gasteiger partial charge in [0.15, 0.2) is 0 Å². The molecule has 4 N–H and O–H groups in total. The number of unbranched alkanes of at least 4 members (excludes halogenated alkanes) is 15. The number of nitrogens with zero attached hydrogens (tertiary/aromatic N) is 1. The lowest BCUT2D eigenvalue weighted by atomic mass is 10.0. The number of phosphoric ester groups is 1. The monoisotopic (exact) mass is 956 g/mol. The second kappa shape index (κ2) is 46.8. The molecule has 1 amide bonds. The lowest BCUT2D eigenvalue weighted by Gasteiger charge is -2.28. The summed E-state index contributed by atoms with van der Waals surface area (Å²) in [5, 5.41) is 24.7. The van der Waals surface area contributed by atoms with E-state index in [1.54, 1.807) is 0 Å². The largest absolute Gasteiger partial charge is 0.472 e. The van der Waals surface area contributed by atoms with Crippen molar-refractivity contribution >= 4 is 13.7 Å². The number of likely N-dealkylation sites (N-methyl/N-ethyl adjacent to an activating group) is 1. The Kier molecular flexibility index (Phi) is 44.8. The summed E-state index contributed by atoms with van der Waals surface area (Å²) in [6.07, 6.45) is 64.7. The topological polar surface area (TPSA) is 125 Å². The Morgan fingerprint density at radius 1 is 0.552 bits per heavy atom. The van der Waals surface area contributed by atoms with E-state index in [2.05, 4.69) is 122 Å². The molecular formula is C57H100N2O7P+. The fourth-order valence-corrected chi connectivity index (χ4v) is 7.74. The van der Waals surface area contributed by atoms with Crippen LogP contribution >= 0.6 is 7.82 Å². The fourth-order valence-electron chi connectivity index (χ4n) is 7.01. The Morgan fingerprint density at radius 3 is 1.43 bits per heavy atom. The fraction of sp³-hybridized carbons (Fsp3) is 0.667. The molecule has 4 atom stereocenters. The highest BCUT2D eigenvalue weighted by Gasteiger charge is 2.31. The second-order valence-electron chi connectivity index (χ2n) is 18.6. The summed E-state index contributed by atoms with van der Waals surface area (Å²) in [4.78, 5) is 23.3. The van der Waals surface area contributed by atoms with Gasteiger partial charge in [0.25, 0.3) is 0 Å². The second-order valence-corrected chi connectivity index (χ2v) is 20.1. The van der Waals surface area contributed by atoms with Crippen LogP contribution in [0.3, 0.4) is 0 Å². The first-order valence-corrected chi connectivity index (χ1v) is 27.8. The van der Waals surface area contributed by atoms with E-state index in [0.29, 0.717) is 30.3 Å². The Morgan fingerprint density at radius 2 is 0.955 bits per heavy atom. The van der Waals surface area contributed by atoms with Crippen molar-refractivity contribution in [1.82, 2.24) is 5.32 Å². The summed E-state index contributed by atoms with van der Waals surface area (Å²) < 4.78 is 23.5. The molecule has 0 bridgehead atoms. The molecule has 0 aromatic rings. The zero-order valence-electron chi connectivity index (χ0n) is 43.2. The molecule has 0 saturated carbocycles. The van der Waals surface area contributed by atoms with Crippen molar-refractivity contribution in [2.24, 2.45) is 0 Å².